The van der Waals surface area contributed by atoms with Gasteiger partial charge in [0.1, 0.15) is 0 Å². The lowest BCUT2D eigenvalue weighted by atomic mass is 10.2. The van der Waals surface area contributed by atoms with Crippen molar-refractivity contribution in [2.45, 2.75) is 43.6 Å². The summed E-state index contributed by atoms with van der Waals surface area (Å²) in [6, 6.07) is 4.91. The average Bonchev–Trinajstić information content (AvgIpc) is 3.17. The largest absolute Gasteiger partial charge is 0.377 e. The average molecular weight is 338 g/mol. The molecular weight excluding hydrogens is 316 g/mol. The molecule has 0 saturated carbocycles. The van der Waals surface area contributed by atoms with Crippen LogP contribution in [0.1, 0.15) is 31.2 Å². The van der Waals surface area contributed by atoms with Crippen LogP contribution >= 0.6 is 0 Å². The summed E-state index contributed by atoms with van der Waals surface area (Å²) in [5, 5.41) is 0. The Morgan fingerprint density at radius 2 is 2.17 bits per heavy atom. The van der Waals surface area contributed by atoms with Gasteiger partial charge in [0.05, 0.1) is 11.0 Å². The Bertz CT molecular complexity index is 696. The molecule has 2 aliphatic rings. The number of sulfonamides is 1. The first-order valence-corrected chi connectivity index (χ1v) is 9.48. The summed E-state index contributed by atoms with van der Waals surface area (Å²) >= 11 is 0. The van der Waals surface area contributed by atoms with Crippen molar-refractivity contribution in [3.8, 4) is 0 Å². The highest BCUT2D eigenvalue weighted by Crippen LogP contribution is 2.27. The van der Waals surface area contributed by atoms with Gasteiger partial charge in [-0.3, -0.25) is 4.79 Å². The molecule has 0 spiro atoms. The standard InChI is InChI=1S/C16H22N2O4S/c1-12-10-14(6-7-15(12)18-8-2-5-16(18)19)23(20,21)17-11-13-4-3-9-22-13/h6-7,10,13,17H,2-5,8-9,11H2,1H3/t13-/m1/s1. The van der Waals surface area contributed by atoms with E-state index in [2.05, 4.69) is 4.72 Å². The van der Waals surface area contributed by atoms with Gasteiger partial charge in [-0.1, -0.05) is 0 Å². The number of amides is 1. The molecule has 1 amide bonds. The highest BCUT2D eigenvalue weighted by Gasteiger charge is 2.25. The number of carbonyl (C=O) groups excluding carboxylic acids is 1. The normalized spacial score (nSPS) is 22.0. The molecule has 1 atom stereocenters. The van der Waals surface area contributed by atoms with Gasteiger partial charge in [-0.25, -0.2) is 13.1 Å². The second-order valence-corrected chi connectivity index (χ2v) is 7.85. The fourth-order valence-electron chi connectivity index (χ4n) is 3.09. The molecule has 0 radical (unpaired) electrons. The molecule has 3 rings (SSSR count). The van der Waals surface area contributed by atoms with Crippen molar-refractivity contribution in [2.75, 3.05) is 24.6 Å². The lowest BCUT2D eigenvalue weighted by Gasteiger charge is -2.19. The summed E-state index contributed by atoms with van der Waals surface area (Å²) in [6.45, 7) is 3.53. The molecule has 2 aliphatic heterocycles. The Morgan fingerprint density at radius 3 is 2.78 bits per heavy atom. The monoisotopic (exact) mass is 338 g/mol. The van der Waals surface area contributed by atoms with Crippen LogP contribution < -0.4 is 9.62 Å². The molecule has 7 heteroatoms. The first-order valence-electron chi connectivity index (χ1n) is 8.00. The number of hydrogen-bond donors (Lipinski definition) is 1. The Morgan fingerprint density at radius 1 is 1.35 bits per heavy atom. The van der Waals surface area contributed by atoms with Crippen LogP contribution in [0, 0.1) is 6.92 Å². The minimum Gasteiger partial charge on any atom is -0.377 e. The molecule has 0 unspecified atom stereocenters. The van der Waals surface area contributed by atoms with Crippen LogP contribution in [-0.4, -0.2) is 40.1 Å². The lowest BCUT2D eigenvalue weighted by Crippen LogP contribution is -2.32. The molecule has 0 aromatic heterocycles. The topological polar surface area (TPSA) is 75.7 Å². The van der Waals surface area contributed by atoms with E-state index in [-0.39, 0.29) is 16.9 Å². The summed E-state index contributed by atoms with van der Waals surface area (Å²) in [6.07, 6.45) is 3.23. The molecule has 1 N–H and O–H groups in total. The number of benzene rings is 1. The highest BCUT2D eigenvalue weighted by molar-refractivity contribution is 7.89. The maximum Gasteiger partial charge on any atom is 0.240 e. The van der Waals surface area contributed by atoms with Crippen LogP contribution in [0.25, 0.3) is 0 Å². The van der Waals surface area contributed by atoms with Crippen LogP contribution in [0.15, 0.2) is 23.1 Å². The first-order chi connectivity index (χ1) is 11.0. The van der Waals surface area contributed by atoms with Crippen molar-refractivity contribution >= 4 is 21.6 Å². The fourth-order valence-corrected chi connectivity index (χ4v) is 4.24. The highest BCUT2D eigenvalue weighted by atomic mass is 32.2. The van der Waals surface area contributed by atoms with E-state index in [1.807, 2.05) is 6.92 Å². The van der Waals surface area contributed by atoms with Crippen LogP contribution in [0.5, 0.6) is 0 Å². The number of nitrogens with zero attached hydrogens (tertiary/aromatic N) is 1. The molecule has 2 fully saturated rings. The molecule has 2 heterocycles. The number of carbonyl (C=O) groups is 1. The zero-order valence-corrected chi connectivity index (χ0v) is 14.1. The second kappa shape index (κ2) is 6.59. The number of anilines is 1. The molecular formula is C16H22N2O4S. The number of ether oxygens (including phenoxy) is 1. The third-order valence-electron chi connectivity index (χ3n) is 4.37. The van der Waals surface area contributed by atoms with Gasteiger partial charge >= 0.3 is 0 Å². The third kappa shape index (κ3) is 3.57. The van der Waals surface area contributed by atoms with Crippen LogP contribution in [-0.2, 0) is 19.6 Å². The Hall–Kier alpha value is -1.44. The maximum absolute atomic E-state index is 12.4. The summed E-state index contributed by atoms with van der Waals surface area (Å²) in [5.74, 6) is 0.0974. The Kier molecular flexibility index (Phi) is 4.70. The van der Waals surface area contributed by atoms with Crippen LogP contribution in [0.2, 0.25) is 0 Å². The van der Waals surface area contributed by atoms with Gasteiger partial charge < -0.3 is 9.64 Å². The number of hydrogen-bond acceptors (Lipinski definition) is 4. The SMILES string of the molecule is Cc1cc(S(=O)(=O)NC[C@H]2CCCO2)ccc1N1CCCC1=O. The van der Waals surface area contributed by atoms with E-state index in [9.17, 15) is 13.2 Å². The minimum atomic E-state index is -3.56. The number of aryl methyl sites for hydroxylation is 1. The van der Waals surface area contributed by atoms with Crippen molar-refractivity contribution in [2.24, 2.45) is 0 Å². The molecule has 2 saturated heterocycles. The van der Waals surface area contributed by atoms with Crippen molar-refractivity contribution in [1.29, 1.82) is 0 Å². The van der Waals surface area contributed by atoms with Crippen molar-refractivity contribution < 1.29 is 17.9 Å². The smallest absolute Gasteiger partial charge is 0.240 e. The van der Waals surface area contributed by atoms with E-state index in [0.29, 0.717) is 26.1 Å². The molecule has 0 aliphatic carbocycles. The quantitative estimate of drug-likeness (QED) is 0.884. The molecule has 1 aromatic carbocycles. The summed E-state index contributed by atoms with van der Waals surface area (Å²) < 4.78 is 32.8. The zero-order valence-electron chi connectivity index (χ0n) is 13.2. The van der Waals surface area contributed by atoms with E-state index in [1.54, 1.807) is 23.1 Å². The Labute approximate surface area is 136 Å². The van der Waals surface area contributed by atoms with E-state index >= 15 is 0 Å². The predicted octanol–water partition coefficient (Wildman–Crippen LogP) is 1.58. The van der Waals surface area contributed by atoms with E-state index in [4.69, 9.17) is 4.74 Å². The molecule has 23 heavy (non-hydrogen) atoms. The number of rotatable bonds is 5. The van der Waals surface area contributed by atoms with E-state index < -0.39 is 10.0 Å². The summed E-state index contributed by atoms with van der Waals surface area (Å²) in [7, 11) is -3.56. The summed E-state index contributed by atoms with van der Waals surface area (Å²) in [5.41, 5.74) is 1.59. The van der Waals surface area contributed by atoms with E-state index in [0.717, 1.165) is 30.5 Å². The third-order valence-corrected chi connectivity index (χ3v) is 5.79. The van der Waals surface area contributed by atoms with Crippen LogP contribution in [0.3, 0.4) is 0 Å². The van der Waals surface area contributed by atoms with Gasteiger partial charge in [0.25, 0.3) is 0 Å². The molecule has 0 bridgehead atoms. The van der Waals surface area contributed by atoms with Crippen molar-refractivity contribution in [1.82, 2.24) is 4.72 Å². The first kappa shape index (κ1) is 16.4. The van der Waals surface area contributed by atoms with Crippen molar-refractivity contribution in [3.63, 3.8) is 0 Å². The van der Waals surface area contributed by atoms with Gasteiger partial charge in [-0.05, 0) is 49.9 Å². The molecule has 1 aromatic rings. The van der Waals surface area contributed by atoms with Gasteiger partial charge in [0, 0.05) is 31.8 Å². The number of nitrogens with one attached hydrogen (secondary N) is 1. The van der Waals surface area contributed by atoms with Crippen molar-refractivity contribution in [3.05, 3.63) is 23.8 Å². The zero-order chi connectivity index (χ0) is 16.4. The maximum atomic E-state index is 12.4. The van der Waals surface area contributed by atoms with E-state index in [1.165, 1.54) is 0 Å². The lowest BCUT2D eigenvalue weighted by molar-refractivity contribution is -0.117. The molecule has 6 nitrogen and oxygen atoms in total. The Balaban J connectivity index is 1.74. The molecule has 126 valence electrons. The predicted molar refractivity (Wildman–Crippen MR) is 86.9 cm³/mol. The van der Waals surface area contributed by atoms with Gasteiger partial charge in [-0.15, -0.1) is 0 Å². The van der Waals surface area contributed by atoms with Gasteiger partial charge in [0.2, 0.25) is 15.9 Å². The minimum absolute atomic E-state index is 0.0348. The van der Waals surface area contributed by atoms with Crippen LogP contribution in [0.4, 0.5) is 5.69 Å². The fraction of sp³-hybridized carbons (Fsp3) is 0.562. The van der Waals surface area contributed by atoms with Gasteiger partial charge in [0.15, 0.2) is 0 Å². The van der Waals surface area contributed by atoms with Gasteiger partial charge in [-0.2, -0.15) is 0 Å². The summed E-state index contributed by atoms with van der Waals surface area (Å²) in [4.78, 5) is 13.8. The second-order valence-electron chi connectivity index (χ2n) is 6.08.